The Kier molecular flexibility index (Phi) is 2.99. The monoisotopic (exact) mass is 197 g/mol. The Morgan fingerprint density at radius 2 is 2.00 bits per heavy atom. The van der Waals surface area contributed by atoms with Crippen LogP contribution in [0.15, 0.2) is 18.2 Å². The summed E-state index contributed by atoms with van der Waals surface area (Å²) in [7, 11) is 0. The van der Waals surface area contributed by atoms with Crippen molar-refractivity contribution in [3.05, 3.63) is 34.3 Å². The molecule has 0 atom stereocenters. The average molecular weight is 198 g/mol. The molecule has 2 N–H and O–H groups in total. The first-order valence-electron chi connectivity index (χ1n) is 4.44. The highest BCUT2D eigenvalue weighted by Gasteiger charge is 2.22. The fourth-order valence-electron chi connectivity index (χ4n) is 1.59. The molecular weight excluding hydrogens is 182 g/mol. The summed E-state index contributed by atoms with van der Waals surface area (Å²) in [6.07, 6.45) is 0. The summed E-state index contributed by atoms with van der Waals surface area (Å²) >= 11 is 6.14. The zero-order chi connectivity index (χ0) is 10.1. The fraction of sp³-hybridized carbons (Fsp3) is 0.455. The van der Waals surface area contributed by atoms with Gasteiger partial charge in [0.1, 0.15) is 0 Å². The third kappa shape index (κ3) is 2.04. The van der Waals surface area contributed by atoms with Crippen molar-refractivity contribution in [2.24, 2.45) is 5.73 Å². The molecule has 1 aromatic carbocycles. The predicted molar refractivity (Wildman–Crippen MR) is 58.3 cm³/mol. The highest BCUT2D eigenvalue weighted by molar-refractivity contribution is 6.31. The van der Waals surface area contributed by atoms with Crippen LogP contribution in [-0.4, -0.2) is 6.54 Å². The van der Waals surface area contributed by atoms with Crippen molar-refractivity contribution in [2.45, 2.75) is 26.2 Å². The van der Waals surface area contributed by atoms with Crippen LogP contribution in [0.2, 0.25) is 5.02 Å². The van der Waals surface area contributed by atoms with Crippen LogP contribution in [0.3, 0.4) is 0 Å². The highest BCUT2D eigenvalue weighted by atomic mass is 35.5. The van der Waals surface area contributed by atoms with E-state index in [1.54, 1.807) is 0 Å². The van der Waals surface area contributed by atoms with Gasteiger partial charge >= 0.3 is 0 Å². The molecule has 2 heteroatoms. The molecule has 13 heavy (non-hydrogen) atoms. The molecule has 0 amide bonds. The van der Waals surface area contributed by atoms with Gasteiger partial charge in [0.15, 0.2) is 0 Å². The number of rotatable bonds is 2. The van der Waals surface area contributed by atoms with Crippen molar-refractivity contribution in [1.29, 1.82) is 0 Å². The van der Waals surface area contributed by atoms with E-state index >= 15 is 0 Å². The van der Waals surface area contributed by atoms with E-state index in [4.69, 9.17) is 17.3 Å². The van der Waals surface area contributed by atoms with Crippen molar-refractivity contribution in [3.63, 3.8) is 0 Å². The Morgan fingerprint density at radius 1 is 1.38 bits per heavy atom. The van der Waals surface area contributed by atoms with Gasteiger partial charge in [-0.2, -0.15) is 0 Å². The topological polar surface area (TPSA) is 26.0 Å². The minimum Gasteiger partial charge on any atom is -0.330 e. The molecule has 1 nitrogen and oxygen atoms in total. The van der Waals surface area contributed by atoms with Gasteiger partial charge in [0.2, 0.25) is 0 Å². The molecule has 0 aliphatic heterocycles. The highest BCUT2D eigenvalue weighted by Crippen LogP contribution is 2.31. The molecule has 0 unspecified atom stereocenters. The quantitative estimate of drug-likeness (QED) is 0.776. The lowest BCUT2D eigenvalue weighted by atomic mass is 9.82. The molecule has 0 saturated heterocycles. The molecule has 0 fully saturated rings. The van der Waals surface area contributed by atoms with Crippen LogP contribution in [-0.2, 0) is 5.41 Å². The maximum absolute atomic E-state index is 6.14. The van der Waals surface area contributed by atoms with E-state index in [1.165, 1.54) is 11.1 Å². The van der Waals surface area contributed by atoms with E-state index in [1.807, 2.05) is 12.1 Å². The summed E-state index contributed by atoms with van der Waals surface area (Å²) in [5.74, 6) is 0. The fourth-order valence-corrected chi connectivity index (χ4v) is 2.07. The summed E-state index contributed by atoms with van der Waals surface area (Å²) in [5, 5.41) is 0.815. The molecule has 0 aromatic heterocycles. The van der Waals surface area contributed by atoms with Crippen LogP contribution < -0.4 is 5.73 Å². The third-order valence-electron chi connectivity index (χ3n) is 2.41. The van der Waals surface area contributed by atoms with E-state index < -0.39 is 0 Å². The van der Waals surface area contributed by atoms with E-state index in [0.29, 0.717) is 6.54 Å². The summed E-state index contributed by atoms with van der Waals surface area (Å²) in [4.78, 5) is 0. The van der Waals surface area contributed by atoms with Crippen LogP contribution in [0.5, 0.6) is 0 Å². The smallest absolute Gasteiger partial charge is 0.0446 e. The van der Waals surface area contributed by atoms with Gasteiger partial charge in [-0.3, -0.25) is 0 Å². The second-order valence-electron chi connectivity index (χ2n) is 4.02. The SMILES string of the molecule is Cc1cccc(Cl)c1C(C)(C)CN. The minimum absolute atomic E-state index is 0.0393. The van der Waals surface area contributed by atoms with Crippen LogP contribution in [0.4, 0.5) is 0 Å². The lowest BCUT2D eigenvalue weighted by molar-refractivity contribution is 0.536. The van der Waals surface area contributed by atoms with Gasteiger partial charge in [-0.1, -0.05) is 37.6 Å². The lowest BCUT2D eigenvalue weighted by Gasteiger charge is -2.26. The van der Waals surface area contributed by atoms with Crippen LogP contribution in [0, 0.1) is 6.92 Å². The Morgan fingerprint density at radius 3 is 2.46 bits per heavy atom. The molecule has 0 bridgehead atoms. The number of hydrogen-bond acceptors (Lipinski definition) is 1. The maximum atomic E-state index is 6.14. The van der Waals surface area contributed by atoms with Gasteiger partial charge in [-0.15, -0.1) is 0 Å². The Labute approximate surface area is 84.9 Å². The molecule has 1 aromatic rings. The number of benzene rings is 1. The normalized spacial score (nSPS) is 11.8. The first-order chi connectivity index (χ1) is 5.99. The number of hydrogen-bond donors (Lipinski definition) is 1. The molecular formula is C11H16ClN. The van der Waals surface area contributed by atoms with Crippen LogP contribution in [0.25, 0.3) is 0 Å². The third-order valence-corrected chi connectivity index (χ3v) is 2.72. The van der Waals surface area contributed by atoms with Gasteiger partial charge < -0.3 is 5.73 Å². The van der Waals surface area contributed by atoms with Crippen LogP contribution in [0.1, 0.15) is 25.0 Å². The van der Waals surface area contributed by atoms with Crippen molar-refractivity contribution >= 4 is 11.6 Å². The molecule has 72 valence electrons. The molecule has 0 radical (unpaired) electrons. The van der Waals surface area contributed by atoms with Gasteiger partial charge in [0.05, 0.1) is 0 Å². The number of nitrogens with two attached hydrogens (primary N) is 1. The molecule has 0 saturated carbocycles. The number of halogens is 1. The molecule has 1 rings (SSSR count). The first-order valence-corrected chi connectivity index (χ1v) is 4.82. The van der Waals surface area contributed by atoms with Crippen molar-refractivity contribution < 1.29 is 0 Å². The summed E-state index contributed by atoms with van der Waals surface area (Å²) in [6, 6.07) is 5.95. The number of aryl methyl sites for hydroxylation is 1. The molecule has 0 spiro atoms. The Bertz CT molecular complexity index is 285. The van der Waals surface area contributed by atoms with Gasteiger partial charge in [-0.05, 0) is 24.1 Å². The second kappa shape index (κ2) is 3.69. The Balaban J connectivity index is 3.28. The van der Waals surface area contributed by atoms with Crippen molar-refractivity contribution in [3.8, 4) is 0 Å². The standard InChI is InChI=1S/C11H16ClN/c1-8-5-4-6-9(12)10(8)11(2,3)7-13/h4-6H,7,13H2,1-3H3. The summed E-state index contributed by atoms with van der Waals surface area (Å²) in [5.41, 5.74) is 8.06. The molecule has 0 aliphatic rings. The van der Waals surface area contributed by atoms with E-state index in [2.05, 4.69) is 26.8 Å². The van der Waals surface area contributed by atoms with Gasteiger partial charge in [0.25, 0.3) is 0 Å². The zero-order valence-electron chi connectivity index (χ0n) is 8.39. The molecule has 0 aliphatic carbocycles. The predicted octanol–water partition coefficient (Wildman–Crippen LogP) is 2.88. The largest absolute Gasteiger partial charge is 0.330 e. The summed E-state index contributed by atoms with van der Waals surface area (Å²) in [6.45, 7) is 6.90. The zero-order valence-corrected chi connectivity index (χ0v) is 9.15. The van der Waals surface area contributed by atoms with E-state index in [-0.39, 0.29) is 5.41 Å². The van der Waals surface area contributed by atoms with Crippen molar-refractivity contribution in [1.82, 2.24) is 0 Å². The molecule has 0 heterocycles. The second-order valence-corrected chi connectivity index (χ2v) is 4.43. The Hall–Kier alpha value is -0.530. The lowest BCUT2D eigenvalue weighted by Crippen LogP contribution is -2.29. The van der Waals surface area contributed by atoms with Gasteiger partial charge in [-0.25, -0.2) is 0 Å². The maximum Gasteiger partial charge on any atom is 0.0446 e. The van der Waals surface area contributed by atoms with Gasteiger partial charge in [0, 0.05) is 17.0 Å². The minimum atomic E-state index is -0.0393. The average Bonchev–Trinajstić information content (AvgIpc) is 2.03. The van der Waals surface area contributed by atoms with Crippen molar-refractivity contribution in [2.75, 3.05) is 6.54 Å². The van der Waals surface area contributed by atoms with Crippen LogP contribution >= 0.6 is 11.6 Å². The first kappa shape index (κ1) is 10.6. The van der Waals surface area contributed by atoms with E-state index in [9.17, 15) is 0 Å². The van der Waals surface area contributed by atoms with E-state index in [0.717, 1.165) is 5.02 Å². The summed E-state index contributed by atoms with van der Waals surface area (Å²) < 4.78 is 0.